The lowest BCUT2D eigenvalue weighted by Crippen LogP contribution is -2.63. The molecule has 19 nitrogen and oxygen atoms in total. The summed E-state index contributed by atoms with van der Waals surface area (Å²) in [6, 6.07) is 7.24. The second kappa shape index (κ2) is 23.3. The van der Waals surface area contributed by atoms with Crippen molar-refractivity contribution < 1.29 is 38.1 Å². The number of hydrogen-bond donors (Lipinski definition) is 2. The van der Waals surface area contributed by atoms with Gasteiger partial charge in [0.25, 0.3) is 5.91 Å². The Morgan fingerprint density at radius 1 is 0.975 bits per heavy atom. The molecule has 3 aromatic heterocycles. The number of carbonyl (C=O) groups excluding carboxylic acids is 3. The van der Waals surface area contributed by atoms with E-state index in [4.69, 9.17) is 33.7 Å². The molecule has 8 aliphatic rings. The number of thiazole rings is 1. The zero-order valence-electron chi connectivity index (χ0n) is 46.7. The first-order valence-electron chi connectivity index (χ1n) is 29.2. The van der Waals surface area contributed by atoms with Crippen LogP contribution in [0, 0.1) is 23.2 Å². The maximum Gasteiger partial charge on any atom is 0.324 e. The number of amides is 2. The Morgan fingerprint density at radius 2 is 1.77 bits per heavy atom. The highest BCUT2D eigenvalue weighted by Crippen LogP contribution is 2.49. The van der Waals surface area contributed by atoms with E-state index in [-0.39, 0.29) is 48.4 Å². The smallest absolute Gasteiger partial charge is 0.324 e. The zero-order valence-corrected chi connectivity index (χ0v) is 47.5. The highest BCUT2D eigenvalue weighted by Gasteiger charge is 2.55. The molecule has 9 heterocycles. The van der Waals surface area contributed by atoms with Gasteiger partial charge in [-0.2, -0.15) is 0 Å². The summed E-state index contributed by atoms with van der Waals surface area (Å²) in [6.45, 7) is 18.0. The SMILES string of the molecule is CO[C@@H](C)c1ncc(N2CCN(C3CC3)CC2)cc1-c1c2c3cc(ccc3n1CCOC1CCOCC1)-c1csc(n1)[C@@H](N1CCOCC1)[C@H](NC(=O)[C@H]1[C@H](C)[C@@H]1C1=NC=NCC1)C(=O)N1CCC[C@H](N1)C(=O)OCC(C)(C)C2. The molecule has 7 atom stereocenters. The number of fused-ring (bicyclic) bond motifs is 6. The van der Waals surface area contributed by atoms with E-state index in [0.717, 1.165) is 101 Å². The van der Waals surface area contributed by atoms with Crippen molar-refractivity contribution >= 4 is 57.8 Å². The molecular weight excluding hydrogens is 1020 g/mol. The Bertz CT molecular complexity index is 2940. The number of nitrogens with zero attached hydrogens (tertiary/aromatic N) is 9. The molecular formula is C59H79N11O8S. The van der Waals surface area contributed by atoms with E-state index in [9.17, 15) is 9.59 Å². The monoisotopic (exact) mass is 1100 g/mol. The number of methoxy groups -OCH3 is 1. The molecule has 2 aliphatic carbocycles. The molecule has 79 heavy (non-hydrogen) atoms. The summed E-state index contributed by atoms with van der Waals surface area (Å²) >= 11 is 1.50. The van der Waals surface area contributed by atoms with Gasteiger partial charge in [-0.05, 0) is 81.5 Å². The summed E-state index contributed by atoms with van der Waals surface area (Å²) in [7, 11) is 1.74. The van der Waals surface area contributed by atoms with Crippen LogP contribution in [-0.2, 0) is 51.0 Å². The van der Waals surface area contributed by atoms with Gasteiger partial charge in [-0.1, -0.05) is 26.8 Å². The van der Waals surface area contributed by atoms with Crippen LogP contribution in [0.3, 0.4) is 0 Å². The van der Waals surface area contributed by atoms with Crippen LogP contribution in [0.2, 0.25) is 0 Å². The van der Waals surface area contributed by atoms with E-state index >= 15 is 4.79 Å². The third-order valence-electron chi connectivity index (χ3n) is 17.9. The predicted octanol–water partition coefficient (Wildman–Crippen LogP) is 6.25. The summed E-state index contributed by atoms with van der Waals surface area (Å²) in [4.78, 5) is 71.6. The van der Waals surface area contributed by atoms with Crippen molar-refractivity contribution in [1.82, 2.24) is 40.1 Å². The molecule has 0 radical (unpaired) electrons. The number of aliphatic imine (C=N–C) groups is 2. The van der Waals surface area contributed by atoms with E-state index in [0.29, 0.717) is 96.4 Å². The van der Waals surface area contributed by atoms with Gasteiger partial charge in [0.05, 0.1) is 73.6 Å². The van der Waals surface area contributed by atoms with Crippen LogP contribution in [0.15, 0.2) is 45.8 Å². The van der Waals surface area contributed by atoms with Gasteiger partial charge in [0.1, 0.15) is 23.4 Å². The second-order valence-electron chi connectivity index (χ2n) is 23.9. The van der Waals surface area contributed by atoms with E-state index < -0.39 is 29.5 Å². The number of rotatable bonds is 13. The third kappa shape index (κ3) is 11.5. The first kappa shape index (κ1) is 54.4. The Morgan fingerprint density at radius 3 is 2.53 bits per heavy atom. The number of pyridine rings is 1. The summed E-state index contributed by atoms with van der Waals surface area (Å²) in [5.74, 6) is -1.24. The van der Waals surface area contributed by atoms with Crippen molar-refractivity contribution in [2.24, 2.45) is 33.2 Å². The summed E-state index contributed by atoms with van der Waals surface area (Å²) in [6.07, 6.45) is 10.1. The van der Waals surface area contributed by atoms with E-state index in [1.807, 2.05) is 6.20 Å². The molecule has 20 heteroatoms. The number of cyclic esters (lactones) is 1. The number of aromatic nitrogens is 3. The van der Waals surface area contributed by atoms with Gasteiger partial charge in [-0.15, -0.1) is 11.3 Å². The van der Waals surface area contributed by atoms with Gasteiger partial charge >= 0.3 is 5.97 Å². The fourth-order valence-corrected chi connectivity index (χ4v) is 14.2. The van der Waals surface area contributed by atoms with E-state index in [1.165, 1.54) is 24.2 Å². The third-order valence-corrected chi connectivity index (χ3v) is 18.8. The number of hydrazine groups is 1. The number of nitrogens with one attached hydrogen (secondary N) is 2. The minimum absolute atomic E-state index is 0.0245. The van der Waals surface area contributed by atoms with Crippen LogP contribution in [-0.4, -0.2) is 183 Å². The summed E-state index contributed by atoms with van der Waals surface area (Å²) in [5.41, 5.74) is 11.6. The molecule has 424 valence electrons. The highest BCUT2D eigenvalue weighted by atomic mass is 32.1. The predicted molar refractivity (Wildman–Crippen MR) is 303 cm³/mol. The van der Waals surface area contributed by atoms with Crippen molar-refractivity contribution in [2.45, 2.75) is 122 Å². The Hall–Kier alpha value is -5.19. The van der Waals surface area contributed by atoms with Crippen LogP contribution in [0.5, 0.6) is 0 Å². The summed E-state index contributed by atoms with van der Waals surface area (Å²) in [5, 5.41) is 8.72. The van der Waals surface area contributed by atoms with E-state index in [2.05, 4.69) is 97.3 Å². The first-order chi connectivity index (χ1) is 38.4. The van der Waals surface area contributed by atoms with Crippen molar-refractivity contribution in [2.75, 3.05) is 104 Å². The maximum absolute atomic E-state index is 15.4. The minimum Gasteiger partial charge on any atom is -0.464 e. The minimum atomic E-state index is -1.04. The number of hydrogen-bond acceptors (Lipinski definition) is 17. The quantitative estimate of drug-likeness (QED) is 0.143. The molecule has 2 amide bonds. The number of morpholine rings is 1. The zero-order chi connectivity index (χ0) is 54.4. The lowest BCUT2D eigenvalue weighted by atomic mass is 9.84. The largest absolute Gasteiger partial charge is 0.464 e. The number of piperazine rings is 1. The van der Waals surface area contributed by atoms with Crippen molar-refractivity contribution in [1.29, 1.82) is 0 Å². The van der Waals surface area contributed by atoms with Crippen LogP contribution in [0.25, 0.3) is 33.4 Å². The molecule has 12 rings (SSSR count). The average molecular weight is 1100 g/mol. The normalized spacial score (nSPS) is 27.8. The molecule has 4 saturated heterocycles. The Balaban J connectivity index is 0.990. The number of esters is 1. The van der Waals surface area contributed by atoms with E-state index in [1.54, 1.807) is 18.5 Å². The second-order valence-corrected chi connectivity index (χ2v) is 24.8. The average Bonchev–Trinajstić information content (AvgIpc) is 4.53. The van der Waals surface area contributed by atoms with Crippen LogP contribution in [0.4, 0.5) is 5.69 Å². The van der Waals surface area contributed by atoms with Gasteiger partial charge in [0.15, 0.2) is 0 Å². The first-order valence-corrected chi connectivity index (χ1v) is 30.0. The van der Waals surface area contributed by atoms with Crippen LogP contribution >= 0.6 is 11.3 Å². The molecule has 0 spiro atoms. The van der Waals surface area contributed by atoms with Crippen molar-refractivity contribution in [3.63, 3.8) is 0 Å². The van der Waals surface area contributed by atoms with Crippen LogP contribution < -0.4 is 15.6 Å². The van der Waals surface area contributed by atoms with Gasteiger partial charge < -0.3 is 38.5 Å². The Labute approximate surface area is 467 Å². The topological polar surface area (TPSA) is 190 Å². The van der Waals surface area contributed by atoms with Crippen molar-refractivity contribution in [3.05, 3.63) is 52.1 Å². The number of benzene rings is 1. The maximum atomic E-state index is 15.4. The number of carbonyl (C=O) groups is 3. The highest BCUT2D eigenvalue weighted by molar-refractivity contribution is 7.10. The molecule has 4 aromatic rings. The number of ether oxygens (including phenoxy) is 5. The van der Waals surface area contributed by atoms with Crippen molar-refractivity contribution in [3.8, 4) is 22.5 Å². The molecule has 2 N–H and O–H groups in total. The number of anilines is 1. The van der Waals surface area contributed by atoms with Gasteiger partial charge in [0, 0.05) is 142 Å². The standard InChI is InChI=1S/C59H79N11O8S/c1-36-49(45-12-15-60-35-62-45)50(36)55(71)64-52-54(68-21-26-76-27-22-68)56-63-47(33-79-56)38-8-11-48-42(29-38)44(31-59(3,4)34-78-58(73)46-7-6-16-70(65-46)57(52)72)53(69(48)23-28-77-41-13-24-75-25-14-41)43-30-40(32-61-51(43)37(2)74-5)67-19-17-66(18-20-67)39-9-10-39/h8,11,29-30,32-33,35-37,39,41,46,49-50,52,54,65H,6-7,9-10,12-28,31,34H2,1-5H3,(H,64,71)/t36-,37+,46+,49-,50+,52+,54+/m1/s1. The lowest BCUT2D eigenvalue weighted by molar-refractivity contribution is -0.156. The lowest BCUT2D eigenvalue weighted by Gasteiger charge is -2.41. The van der Waals surface area contributed by atoms with Crippen LogP contribution in [0.1, 0.15) is 101 Å². The van der Waals surface area contributed by atoms with Gasteiger partial charge in [-0.25, -0.2) is 15.4 Å². The Kier molecular flexibility index (Phi) is 16.1. The molecule has 2 saturated carbocycles. The molecule has 6 bridgehead atoms. The fraction of sp³-hybridized carbons (Fsp3) is 0.644. The van der Waals surface area contributed by atoms with Gasteiger partial charge in [-0.3, -0.25) is 39.2 Å². The molecule has 0 unspecified atom stereocenters. The fourth-order valence-electron chi connectivity index (χ4n) is 13.2. The molecule has 1 aromatic carbocycles. The molecule has 6 fully saturated rings. The molecule has 6 aliphatic heterocycles. The summed E-state index contributed by atoms with van der Waals surface area (Å²) < 4.78 is 33.2. The van der Waals surface area contributed by atoms with Gasteiger partial charge in [0.2, 0.25) is 5.91 Å².